The Morgan fingerprint density at radius 1 is 1.28 bits per heavy atom. The number of ether oxygens (including phenoxy) is 3. The molecule has 6 heteroatoms. The van der Waals surface area contributed by atoms with Crippen molar-refractivity contribution in [1.82, 2.24) is 0 Å². The number of carbonyl (C=O) groups is 2. The number of methoxy groups -OCH3 is 1. The van der Waals surface area contributed by atoms with E-state index in [0.717, 1.165) is 18.4 Å². The lowest BCUT2D eigenvalue weighted by molar-refractivity contribution is -0.424. The minimum Gasteiger partial charge on any atom is -0.393 e. The van der Waals surface area contributed by atoms with Crippen molar-refractivity contribution in [2.24, 2.45) is 34.5 Å². The summed E-state index contributed by atoms with van der Waals surface area (Å²) in [5, 5.41) is 11.6. The molecule has 5 aliphatic rings. The van der Waals surface area contributed by atoms with E-state index in [0.29, 0.717) is 19.3 Å². The number of rotatable bonds is 2. The summed E-state index contributed by atoms with van der Waals surface area (Å²) in [5.41, 5.74) is -0.706. The Hall–Kier alpha value is -1.34. The van der Waals surface area contributed by atoms with Gasteiger partial charge >= 0.3 is 0 Å². The van der Waals surface area contributed by atoms with Crippen LogP contribution in [0.25, 0.3) is 0 Å². The van der Waals surface area contributed by atoms with Crippen LogP contribution in [-0.4, -0.2) is 48.1 Å². The molecule has 6 unspecified atom stereocenters. The first kappa shape index (κ1) is 22.5. The second-order valence-corrected chi connectivity index (χ2v) is 11.2. The van der Waals surface area contributed by atoms with Crippen LogP contribution >= 0.6 is 0 Å². The summed E-state index contributed by atoms with van der Waals surface area (Å²) in [6.45, 7) is 8.41. The van der Waals surface area contributed by atoms with E-state index >= 15 is 0 Å². The Bertz CT molecular complexity index is 902. The minimum absolute atomic E-state index is 0.0239. The van der Waals surface area contributed by atoms with Crippen molar-refractivity contribution in [1.29, 1.82) is 0 Å². The lowest BCUT2D eigenvalue weighted by Crippen LogP contribution is -2.67. The molecule has 32 heavy (non-hydrogen) atoms. The zero-order valence-electron chi connectivity index (χ0n) is 19.8. The van der Waals surface area contributed by atoms with E-state index in [1.54, 1.807) is 19.3 Å². The number of hydrogen-bond donors (Lipinski definition) is 1. The van der Waals surface area contributed by atoms with Gasteiger partial charge < -0.3 is 19.3 Å². The van der Waals surface area contributed by atoms with Crippen molar-refractivity contribution in [2.45, 2.75) is 77.5 Å². The van der Waals surface area contributed by atoms with Gasteiger partial charge in [0.2, 0.25) is 0 Å². The molecule has 0 aromatic heterocycles. The molecule has 0 radical (unpaired) electrons. The molecule has 9 atom stereocenters. The Balaban J connectivity index is 1.57. The van der Waals surface area contributed by atoms with Gasteiger partial charge in [0.05, 0.1) is 6.10 Å². The number of hydrogen-bond acceptors (Lipinski definition) is 6. The van der Waals surface area contributed by atoms with Gasteiger partial charge in [-0.05, 0) is 55.6 Å². The molecule has 6 nitrogen and oxygen atoms in total. The smallest absolute Gasteiger partial charge is 0.283 e. The number of aliphatic hydroxyl groups is 1. The van der Waals surface area contributed by atoms with Crippen molar-refractivity contribution in [3.63, 3.8) is 0 Å². The first-order valence-corrected chi connectivity index (χ1v) is 12.1. The third kappa shape index (κ3) is 2.67. The standard InChI is InChI=1S/C26H36O6/c1-6-26(30-5)31-14-21(29)25(32-26)10-8-18-17-11-15(2)19-12-16(27)7-9-23(19,3)22(17)20(28)13-24(18,25)4/h7,9,12,15,17-18,20,22,28H,6,8,10-11,13-14H2,1-5H3/t15-,17?,18?,20-,22?,23?,24?,25-,26?/m0/s1. The highest BCUT2D eigenvalue weighted by Crippen LogP contribution is 2.69. The molecule has 0 bridgehead atoms. The molecule has 0 amide bonds. The highest BCUT2D eigenvalue weighted by Gasteiger charge is 2.72. The highest BCUT2D eigenvalue weighted by atomic mass is 16.9. The van der Waals surface area contributed by atoms with E-state index in [1.807, 2.05) is 13.0 Å². The van der Waals surface area contributed by atoms with E-state index < -0.39 is 23.1 Å². The van der Waals surface area contributed by atoms with Gasteiger partial charge in [0.1, 0.15) is 12.2 Å². The Morgan fingerprint density at radius 3 is 2.72 bits per heavy atom. The average Bonchev–Trinajstić information content (AvgIpc) is 3.03. The zero-order valence-corrected chi connectivity index (χ0v) is 19.8. The molecular weight excluding hydrogens is 408 g/mol. The Labute approximate surface area is 190 Å². The first-order chi connectivity index (χ1) is 15.1. The summed E-state index contributed by atoms with van der Waals surface area (Å²) < 4.78 is 17.9. The van der Waals surface area contributed by atoms with E-state index in [1.165, 1.54) is 0 Å². The van der Waals surface area contributed by atoms with Crippen LogP contribution in [-0.2, 0) is 23.8 Å². The summed E-state index contributed by atoms with van der Waals surface area (Å²) in [6, 6.07) is 0. The number of aliphatic hydroxyl groups excluding tert-OH is 1. The topological polar surface area (TPSA) is 82.1 Å². The molecule has 1 spiro atoms. The summed E-state index contributed by atoms with van der Waals surface area (Å²) >= 11 is 0. The van der Waals surface area contributed by atoms with Gasteiger partial charge in [-0.15, -0.1) is 0 Å². The second-order valence-electron chi connectivity index (χ2n) is 11.2. The summed E-state index contributed by atoms with van der Waals surface area (Å²) in [6.07, 6.45) is 8.28. The number of ketones is 2. The van der Waals surface area contributed by atoms with Crippen LogP contribution in [0.3, 0.4) is 0 Å². The maximum absolute atomic E-state index is 13.4. The molecule has 0 aromatic rings. The normalized spacial score (nSPS) is 52.4. The van der Waals surface area contributed by atoms with Crippen LogP contribution in [0.1, 0.15) is 59.8 Å². The van der Waals surface area contributed by atoms with E-state index in [4.69, 9.17) is 14.2 Å². The molecule has 1 N–H and O–H groups in total. The van der Waals surface area contributed by atoms with Gasteiger partial charge in [0.15, 0.2) is 11.6 Å². The van der Waals surface area contributed by atoms with Crippen molar-refractivity contribution >= 4 is 11.6 Å². The lowest BCUT2D eigenvalue weighted by atomic mass is 9.44. The predicted octanol–water partition coefficient (Wildman–Crippen LogP) is 3.58. The number of Topliss-reactive ketones (excluding diaryl/α,β-unsaturated/α-hetero) is 1. The fourth-order valence-corrected chi connectivity index (χ4v) is 8.43. The van der Waals surface area contributed by atoms with E-state index in [-0.39, 0.29) is 47.3 Å². The largest absolute Gasteiger partial charge is 0.393 e. The third-order valence-corrected chi connectivity index (χ3v) is 9.88. The zero-order chi connectivity index (χ0) is 23.1. The average molecular weight is 445 g/mol. The molecule has 1 heterocycles. The molecule has 5 rings (SSSR count). The molecule has 1 saturated heterocycles. The SMILES string of the molecule is CCC1(OC)OCC(=O)[C@]2(CCC3C4C[C@H](C)C5=CC(=O)C=CC5(C)C4[C@@H](O)CC32C)O1. The highest BCUT2D eigenvalue weighted by molar-refractivity contribution is 6.01. The molecule has 1 aliphatic heterocycles. The van der Waals surface area contributed by atoms with Gasteiger partial charge in [-0.2, -0.15) is 0 Å². The number of fused-ring (bicyclic) bond motifs is 6. The summed E-state index contributed by atoms with van der Waals surface area (Å²) in [5.74, 6) is -0.450. The molecule has 176 valence electrons. The lowest BCUT2D eigenvalue weighted by Gasteiger charge is -2.62. The van der Waals surface area contributed by atoms with E-state index in [2.05, 4.69) is 20.8 Å². The maximum atomic E-state index is 13.4. The van der Waals surface area contributed by atoms with Crippen molar-refractivity contribution in [2.75, 3.05) is 13.7 Å². The monoisotopic (exact) mass is 444 g/mol. The fourth-order valence-electron chi connectivity index (χ4n) is 8.43. The molecule has 3 saturated carbocycles. The minimum atomic E-state index is -1.22. The first-order valence-electron chi connectivity index (χ1n) is 12.1. The van der Waals surface area contributed by atoms with E-state index in [9.17, 15) is 14.7 Å². The van der Waals surface area contributed by atoms with Crippen molar-refractivity contribution in [3.05, 3.63) is 23.8 Å². The van der Waals surface area contributed by atoms with Gasteiger partial charge in [0.25, 0.3) is 5.97 Å². The van der Waals surface area contributed by atoms with Gasteiger partial charge in [-0.1, -0.05) is 39.3 Å². The van der Waals surface area contributed by atoms with Gasteiger partial charge in [0, 0.05) is 30.3 Å². The fraction of sp³-hybridized carbons (Fsp3) is 0.769. The summed E-state index contributed by atoms with van der Waals surface area (Å²) in [7, 11) is 1.56. The predicted molar refractivity (Wildman–Crippen MR) is 117 cm³/mol. The van der Waals surface area contributed by atoms with Gasteiger partial charge in [-0.3, -0.25) is 9.59 Å². The van der Waals surface area contributed by atoms with Crippen molar-refractivity contribution in [3.8, 4) is 0 Å². The summed E-state index contributed by atoms with van der Waals surface area (Å²) in [4.78, 5) is 25.5. The Morgan fingerprint density at radius 2 is 2.03 bits per heavy atom. The maximum Gasteiger partial charge on any atom is 0.283 e. The molecule has 4 aliphatic carbocycles. The molecule has 4 fully saturated rings. The van der Waals surface area contributed by atoms with Crippen LogP contribution in [0.5, 0.6) is 0 Å². The molecule has 0 aromatic carbocycles. The van der Waals surface area contributed by atoms with Crippen LogP contribution in [0.15, 0.2) is 23.8 Å². The van der Waals surface area contributed by atoms with Crippen LogP contribution in [0.2, 0.25) is 0 Å². The van der Waals surface area contributed by atoms with Crippen LogP contribution in [0.4, 0.5) is 0 Å². The second kappa shape index (κ2) is 7.08. The number of carbonyl (C=O) groups excluding carboxylic acids is 2. The Kier molecular flexibility index (Phi) is 4.97. The third-order valence-electron chi connectivity index (χ3n) is 9.88. The van der Waals surface area contributed by atoms with Crippen LogP contribution in [0, 0.1) is 34.5 Å². The molecular formula is C26H36O6. The number of allylic oxidation sites excluding steroid dienone is 4. The van der Waals surface area contributed by atoms with Crippen molar-refractivity contribution < 1.29 is 28.9 Å². The quantitative estimate of drug-likeness (QED) is 0.701. The van der Waals surface area contributed by atoms with Gasteiger partial charge in [-0.25, -0.2) is 0 Å². The van der Waals surface area contributed by atoms with Crippen LogP contribution < -0.4 is 0 Å².